The second-order valence-electron chi connectivity index (χ2n) is 16.5. The number of hydrogen-bond donors (Lipinski definition) is 10. The maximum atomic E-state index is 14.8. The number of fused-ring (bicyclic) bond motifs is 6. The average Bonchev–Trinajstić information content (AvgIpc) is 3.98. The third-order valence-corrected chi connectivity index (χ3v) is 13.3. The quantitative estimate of drug-likeness (QED) is 0.0661. The zero-order chi connectivity index (χ0) is 43.0. The SMILES string of the molecule is O=C(C=Cc1ccc(O)c(Cc2cnc[nH]2)c1)N1c2cc(OC3(O)OC(CO)C(O)C(O)C3O)c(O)cc2C2C(C34CCCCC3C=Cc3cccc(O)c34)C=CC21C(=O)O. The molecule has 16 nitrogen and oxygen atoms in total. The Balaban J connectivity index is 1.18. The summed E-state index contributed by atoms with van der Waals surface area (Å²) in [7, 11) is 0. The van der Waals surface area contributed by atoms with E-state index in [1.807, 2.05) is 12.1 Å². The van der Waals surface area contributed by atoms with E-state index in [1.165, 1.54) is 36.7 Å². The first-order chi connectivity index (χ1) is 29.2. The van der Waals surface area contributed by atoms with Crippen molar-refractivity contribution in [1.82, 2.24) is 9.97 Å². The molecular formula is C45H45N3O13. The van der Waals surface area contributed by atoms with Gasteiger partial charge in [-0.05, 0) is 71.7 Å². The Hall–Kier alpha value is -6.01. The molecule has 5 aliphatic rings. The van der Waals surface area contributed by atoms with Gasteiger partial charge in [0.2, 0.25) is 0 Å². The number of amides is 1. The molecular weight excluding hydrogens is 791 g/mol. The van der Waals surface area contributed by atoms with E-state index in [9.17, 15) is 55.5 Å². The van der Waals surface area contributed by atoms with E-state index in [2.05, 4.69) is 16.0 Å². The summed E-state index contributed by atoms with van der Waals surface area (Å²) >= 11 is 0. The molecule has 3 aromatic carbocycles. The lowest BCUT2D eigenvalue weighted by Crippen LogP contribution is -2.67. The number of phenolic OH excluding ortho intramolecular Hbond substituents is 3. The van der Waals surface area contributed by atoms with Crippen molar-refractivity contribution < 1.29 is 65.0 Å². The Morgan fingerprint density at radius 3 is 2.57 bits per heavy atom. The number of H-pyrrole nitrogens is 1. The number of rotatable bonds is 9. The van der Waals surface area contributed by atoms with Gasteiger partial charge in [-0.15, -0.1) is 0 Å². The normalized spacial score (nSPS) is 32.3. The molecule has 10 atom stereocenters. The summed E-state index contributed by atoms with van der Waals surface area (Å²) in [5, 5.41) is 98.1. The monoisotopic (exact) mass is 835 g/mol. The molecule has 16 heteroatoms. The third-order valence-electron chi connectivity index (χ3n) is 13.3. The predicted molar refractivity (Wildman–Crippen MR) is 216 cm³/mol. The molecule has 9 rings (SSSR count). The number of aliphatic hydroxyl groups is 5. The van der Waals surface area contributed by atoms with Crippen LogP contribution in [0.4, 0.5) is 5.69 Å². The maximum Gasteiger partial charge on any atom is 0.355 e. The number of aromatic hydroxyl groups is 3. The lowest BCUT2D eigenvalue weighted by Gasteiger charge is -2.52. The van der Waals surface area contributed by atoms with Gasteiger partial charge in [0.25, 0.3) is 5.91 Å². The standard InChI is InChI=1S/C45H45N3O13/c49-21-35-39(54)40(55)41(56)45(59,61-35)60-34-19-30-28(18-33(34)52)38-29(43-14-2-1-5-26(43)10-9-24-4-3-6-32(51)37(24)43)13-15-44(38,42(57)58)48(30)36(53)12-8-23-7-11-31(50)25(16-23)17-27-20-46-22-47-27/h3-4,6-13,15-16,18-20,22,26,29,35,38-41,49-52,54-56,59H,1-2,5,14,17,21H2,(H,46,47)(H,57,58). The Morgan fingerprint density at radius 1 is 1.00 bits per heavy atom. The van der Waals surface area contributed by atoms with Gasteiger partial charge in [0, 0.05) is 52.9 Å². The number of nitrogens with zero attached hydrogens (tertiary/aromatic N) is 2. The summed E-state index contributed by atoms with van der Waals surface area (Å²) in [6.45, 7) is -0.903. The van der Waals surface area contributed by atoms with Crippen molar-refractivity contribution in [3.63, 3.8) is 0 Å². The summed E-state index contributed by atoms with van der Waals surface area (Å²) in [4.78, 5) is 37.0. The third kappa shape index (κ3) is 6.15. The van der Waals surface area contributed by atoms with Crippen LogP contribution in [0.2, 0.25) is 0 Å². The van der Waals surface area contributed by atoms with Crippen LogP contribution in [0.15, 0.2) is 85.4 Å². The van der Waals surface area contributed by atoms with Gasteiger partial charge in [-0.1, -0.05) is 55.3 Å². The number of carboxylic acid groups (broad SMARTS) is 1. The van der Waals surface area contributed by atoms with E-state index in [0.717, 1.165) is 41.5 Å². The molecule has 2 aliphatic heterocycles. The van der Waals surface area contributed by atoms with Gasteiger partial charge in [0.05, 0.1) is 18.6 Å². The fourth-order valence-electron chi connectivity index (χ4n) is 10.6. The Bertz CT molecular complexity index is 2480. The van der Waals surface area contributed by atoms with Gasteiger partial charge < -0.3 is 60.4 Å². The summed E-state index contributed by atoms with van der Waals surface area (Å²) in [5.41, 5.74) is 0.488. The zero-order valence-electron chi connectivity index (χ0n) is 32.6. The van der Waals surface area contributed by atoms with Gasteiger partial charge in [0.15, 0.2) is 23.1 Å². The first-order valence-corrected chi connectivity index (χ1v) is 20.1. The highest BCUT2D eigenvalue weighted by molar-refractivity contribution is 6.13. The highest BCUT2D eigenvalue weighted by Crippen LogP contribution is 2.67. The second-order valence-corrected chi connectivity index (χ2v) is 16.5. The second kappa shape index (κ2) is 14.9. The van der Waals surface area contributed by atoms with E-state index in [-0.39, 0.29) is 28.7 Å². The molecule has 0 radical (unpaired) electrons. The first-order valence-electron chi connectivity index (χ1n) is 20.1. The van der Waals surface area contributed by atoms with E-state index >= 15 is 0 Å². The molecule has 3 heterocycles. The number of aromatic amines is 1. The molecule has 0 bridgehead atoms. The van der Waals surface area contributed by atoms with Crippen LogP contribution in [0, 0.1) is 11.8 Å². The molecule has 1 aromatic heterocycles. The fourth-order valence-corrected chi connectivity index (χ4v) is 10.6. The number of carboxylic acids is 1. The molecule has 318 valence electrons. The molecule has 4 aromatic rings. The highest BCUT2D eigenvalue weighted by atomic mass is 16.8. The minimum absolute atomic E-state index is 0.0142. The number of ether oxygens (including phenoxy) is 2. The summed E-state index contributed by atoms with van der Waals surface area (Å²) in [6.07, 6.45) is 8.62. The van der Waals surface area contributed by atoms with E-state index < -0.39 is 83.2 Å². The topological polar surface area (TPSA) is 267 Å². The molecule has 1 saturated carbocycles. The van der Waals surface area contributed by atoms with Crippen molar-refractivity contribution in [2.24, 2.45) is 11.8 Å². The van der Waals surface area contributed by atoms with Crippen LogP contribution in [-0.2, 0) is 26.2 Å². The van der Waals surface area contributed by atoms with E-state index in [4.69, 9.17) is 9.47 Å². The average molecular weight is 836 g/mol. The number of benzene rings is 3. The van der Waals surface area contributed by atoms with Crippen molar-refractivity contribution in [2.45, 2.75) is 79.4 Å². The highest BCUT2D eigenvalue weighted by Gasteiger charge is 2.67. The van der Waals surface area contributed by atoms with E-state index in [0.29, 0.717) is 29.5 Å². The van der Waals surface area contributed by atoms with Crippen LogP contribution in [0.25, 0.3) is 12.2 Å². The van der Waals surface area contributed by atoms with Crippen LogP contribution < -0.4 is 9.64 Å². The van der Waals surface area contributed by atoms with E-state index in [1.54, 1.807) is 36.5 Å². The van der Waals surface area contributed by atoms with Gasteiger partial charge >= 0.3 is 11.9 Å². The zero-order valence-corrected chi connectivity index (χ0v) is 32.6. The summed E-state index contributed by atoms with van der Waals surface area (Å²) in [5.74, 6) is -8.35. The lowest BCUT2D eigenvalue weighted by molar-refractivity contribution is -0.422. The molecule has 61 heavy (non-hydrogen) atoms. The molecule has 1 amide bonds. The number of aromatic nitrogens is 2. The van der Waals surface area contributed by atoms with Crippen molar-refractivity contribution in [1.29, 1.82) is 0 Å². The first kappa shape index (κ1) is 40.4. The van der Waals surface area contributed by atoms with Crippen molar-refractivity contribution in [2.75, 3.05) is 11.5 Å². The predicted octanol–water partition coefficient (Wildman–Crippen LogP) is 2.92. The van der Waals surface area contributed by atoms with Crippen LogP contribution in [0.1, 0.15) is 65.1 Å². The Kier molecular flexibility index (Phi) is 9.84. The fraction of sp³-hybridized carbons (Fsp3) is 0.356. The molecule has 2 fully saturated rings. The maximum absolute atomic E-state index is 14.8. The number of imidazole rings is 1. The number of carbonyl (C=O) groups is 2. The van der Waals surface area contributed by atoms with Gasteiger partial charge in [-0.25, -0.2) is 9.78 Å². The van der Waals surface area contributed by atoms with Gasteiger partial charge in [0.1, 0.15) is 29.8 Å². The number of allylic oxidation sites excluding steroid dienone is 2. The van der Waals surface area contributed by atoms with Crippen LogP contribution >= 0.6 is 0 Å². The van der Waals surface area contributed by atoms with Crippen molar-refractivity contribution >= 4 is 29.7 Å². The van der Waals surface area contributed by atoms with Crippen molar-refractivity contribution in [3.05, 3.63) is 119 Å². The number of aliphatic hydroxyl groups excluding tert-OH is 4. The number of carbonyl (C=O) groups excluding carboxylic acids is 1. The van der Waals surface area contributed by atoms with Crippen LogP contribution in [0.5, 0.6) is 23.0 Å². The van der Waals surface area contributed by atoms with Gasteiger partial charge in [-0.2, -0.15) is 0 Å². The Labute approximate surface area is 348 Å². The lowest BCUT2D eigenvalue weighted by atomic mass is 9.51. The van der Waals surface area contributed by atoms with Crippen LogP contribution in [0.3, 0.4) is 0 Å². The largest absolute Gasteiger partial charge is 0.508 e. The minimum Gasteiger partial charge on any atom is -0.508 e. The number of hydrogen-bond acceptors (Lipinski definition) is 13. The molecule has 10 N–H and O–H groups in total. The smallest absolute Gasteiger partial charge is 0.355 e. The van der Waals surface area contributed by atoms with Crippen molar-refractivity contribution in [3.8, 4) is 23.0 Å². The molecule has 3 aliphatic carbocycles. The van der Waals surface area contributed by atoms with Crippen LogP contribution in [-0.4, -0.2) is 110 Å². The molecule has 10 unspecified atom stereocenters. The number of anilines is 1. The summed E-state index contributed by atoms with van der Waals surface area (Å²) in [6, 6.07) is 12.4. The number of aliphatic carboxylic acids is 1. The minimum atomic E-state index is -3.15. The number of phenols is 3. The summed E-state index contributed by atoms with van der Waals surface area (Å²) < 4.78 is 11.0. The van der Waals surface area contributed by atoms with Gasteiger partial charge in [-0.3, -0.25) is 9.69 Å². The molecule has 1 saturated heterocycles. The number of nitrogens with one attached hydrogen (secondary N) is 1. The molecule has 0 spiro atoms. The Morgan fingerprint density at radius 2 is 1.82 bits per heavy atom.